The van der Waals surface area contributed by atoms with Crippen molar-refractivity contribution in [3.05, 3.63) is 0 Å². The van der Waals surface area contributed by atoms with Crippen molar-refractivity contribution in [3.63, 3.8) is 0 Å². The van der Waals surface area contributed by atoms with Crippen molar-refractivity contribution in [2.45, 2.75) is 44.8 Å². The Bertz CT molecular complexity index is 104. The molecule has 0 aromatic rings. The van der Waals surface area contributed by atoms with E-state index >= 15 is 0 Å². The second-order valence-electron chi connectivity index (χ2n) is 2.58. The van der Waals surface area contributed by atoms with Gasteiger partial charge in [-0.3, -0.25) is 0 Å². The monoisotopic (exact) mass is 164 g/mol. The van der Waals surface area contributed by atoms with Gasteiger partial charge in [0.2, 0.25) is 0 Å². The van der Waals surface area contributed by atoms with Crippen LogP contribution in [0, 0.1) is 0 Å². The van der Waals surface area contributed by atoms with Crippen LogP contribution < -0.4 is 0 Å². The second-order valence-corrected chi connectivity index (χ2v) is 3.94. The van der Waals surface area contributed by atoms with Gasteiger partial charge in [-0.15, -0.1) is 0 Å². The van der Waals surface area contributed by atoms with Gasteiger partial charge in [-0.25, -0.2) is 4.21 Å². The molecule has 0 aliphatic heterocycles. The summed E-state index contributed by atoms with van der Waals surface area (Å²) in [5.41, 5.74) is 0. The molecule has 0 heterocycles. The lowest BCUT2D eigenvalue weighted by molar-refractivity contribution is 0.538. The third-order valence-corrected chi connectivity index (χ3v) is 2.48. The molecule has 3 heteroatoms. The molecule has 0 amide bonds. The highest BCUT2D eigenvalue weighted by Crippen LogP contribution is 2.06. The van der Waals surface area contributed by atoms with Crippen LogP contribution in [0.4, 0.5) is 0 Å². The van der Waals surface area contributed by atoms with Gasteiger partial charge >= 0.3 is 0 Å². The van der Waals surface area contributed by atoms with E-state index in [-0.39, 0.29) is 5.25 Å². The number of hydrogen-bond acceptors (Lipinski definition) is 1. The minimum atomic E-state index is -1.61. The molecule has 0 aromatic carbocycles. The molecule has 0 rings (SSSR count). The Hall–Kier alpha value is 0.110. The van der Waals surface area contributed by atoms with E-state index in [1.165, 1.54) is 12.8 Å². The molecule has 0 saturated heterocycles. The minimum Gasteiger partial charge on any atom is -0.306 e. The maximum atomic E-state index is 10.4. The number of rotatable bonds is 5. The Morgan fingerprint density at radius 3 is 2.50 bits per heavy atom. The Morgan fingerprint density at radius 1 is 1.50 bits per heavy atom. The van der Waals surface area contributed by atoms with Crippen LogP contribution in [0.5, 0.6) is 0 Å². The Morgan fingerprint density at radius 2 is 2.10 bits per heavy atom. The van der Waals surface area contributed by atoms with Crippen molar-refractivity contribution in [3.8, 4) is 0 Å². The molecule has 2 atom stereocenters. The van der Waals surface area contributed by atoms with Crippen LogP contribution in [0.2, 0.25) is 0 Å². The molecule has 0 bridgehead atoms. The molecule has 0 aliphatic rings. The Balaban J connectivity index is 3.21. The van der Waals surface area contributed by atoms with Crippen LogP contribution in [0.25, 0.3) is 0 Å². The summed E-state index contributed by atoms with van der Waals surface area (Å²) in [4.78, 5) is 0. The van der Waals surface area contributed by atoms with Crippen molar-refractivity contribution < 1.29 is 8.76 Å². The highest BCUT2D eigenvalue weighted by molar-refractivity contribution is 7.79. The summed E-state index contributed by atoms with van der Waals surface area (Å²) in [6.45, 7) is 3.94. The molecular formula is C7H16O2S. The summed E-state index contributed by atoms with van der Waals surface area (Å²) in [5, 5.41) is -0.0495. The normalized spacial score (nSPS) is 16.7. The molecular weight excluding hydrogens is 148 g/mol. The van der Waals surface area contributed by atoms with Crippen molar-refractivity contribution in [1.29, 1.82) is 0 Å². The molecule has 62 valence electrons. The first-order valence-electron chi connectivity index (χ1n) is 3.78. The molecule has 2 unspecified atom stereocenters. The lowest BCUT2D eigenvalue weighted by atomic mass is 10.2. The lowest BCUT2D eigenvalue weighted by Gasteiger charge is -2.04. The second kappa shape index (κ2) is 5.86. The summed E-state index contributed by atoms with van der Waals surface area (Å²) < 4.78 is 19.0. The van der Waals surface area contributed by atoms with Crippen LogP contribution in [-0.2, 0) is 11.1 Å². The highest BCUT2D eigenvalue weighted by Gasteiger charge is 2.06. The van der Waals surface area contributed by atoms with E-state index in [9.17, 15) is 4.21 Å². The summed E-state index contributed by atoms with van der Waals surface area (Å²) in [6.07, 6.45) is 4.28. The molecule has 0 saturated carbocycles. The molecule has 0 spiro atoms. The predicted molar refractivity (Wildman–Crippen MR) is 44.4 cm³/mol. The van der Waals surface area contributed by atoms with Gasteiger partial charge in [-0.05, 0) is 13.3 Å². The van der Waals surface area contributed by atoms with Gasteiger partial charge in [0, 0.05) is 0 Å². The van der Waals surface area contributed by atoms with Crippen molar-refractivity contribution in [2.24, 2.45) is 0 Å². The van der Waals surface area contributed by atoms with Crippen molar-refractivity contribution in [1.82, 2.24) is 0 Å². The standard InChI is InChI=1S/C7H16O2S/c1-3-4-5-6-7(2)10(8)9/h7H,3-6H2,1-2H3,(H,8,9). The van der Waals surface area contributed by atoms with E-state index in [1.54, 1.807) is 0 Å². The predicted octanol–water partition coefficient (Wildman–Crippen LogP) is 2.18. The van der Waals surface area contributed by atoms with E-state index < -0.39 is 11.1 Å². The first kappa shape index (κ1) is 10.1. The lowest BCUT2D eigenvalue weighted by Crippen LogP contribution is -2.08. The van der Waals surface area contributed by atoms with E-state index in [2.05, 4.69) is 6.92 Å². The van der Waals surface area contributed by atoms with Crippen molar-refractivity contribution in [2.75, 3.05) is 0 Å². The molecule has 0 fully saturated rings. The highest BCUT2D eigenvalue weighted by atomic mass is 32.2. The number of hydrogen-bond donors (Lipinski definition) is 1. The Kier molecular flexibility index (Phi) is 5.93. The SMILES string of the molecule is CCCCCC(C)S(=O)O. The molecule has 10 heavy (non-hydrogen) atoms. The summed E-state index contributed by atoms with van der Waals surface area (Å²) in [6, 6.07) is 0. The fourth-order valence-corrected chi connectivity index (χ4v) is 1.15. The quantitative estimate of drug-likeness (QED) is 0.499. The summed E-state index contributed by atoms with van der Waals surface area (Å²) in [5.74, 6) is 0. The van der Waals surface area contributed by atoms with Gasteiger partial charge in [-0.2, -0.15) is 0 Å². The average Bonchev–Trinajstić information content (AvgIpc) is 1.88. The van der Waals surface area contributed by atoms with E-state index in [0.29, 0.717) is 0 Å². The minimum absolute atomic E-state index is 0.0495. The van der Waals surface area contributed by atoms with Gasteiger partial charge in [0.15, 0.2) is 11.1 Å². The maximum Gasteiger partial charge on any atom is 0.155 e. The van der Waals surface area contributed by atoms with Gasteiger partial charge in [0.05, 0.1) is 5.25 Å². The zero-order chi connectivity index (χ0) is 7.98. The molecule has 0 radical (unpaired) electrons. The fraction of sp³-hybridized carbons (Fsp3) is 1.00. The average molecular weight is 164 g/mol. The smallest absolute Gasteiger partial charge is 0.155 e. The van der Waals surface area contributed by atoms with Crippen LogP contribution in [-0.4, -0.2) is 14.0 Å². The number of unbranched alkanes of at least 4 members (excludes halogenated alkanes) is 2. The molecule has 1 N–H and O–H groups in total. The van der Waals surface area contributed by atoms with E-state index in [0.717, 1.165) is 12.8 Å². The van der Waals surface area contributed by atoms with E-state index in [1.807, 2.05) is 6.92 Å². The van der Waals surface area contributed by atoms with Crippen LogP contribution in [0.1, 0.15) is 39.5 Å². The third kappa shape index (κ3) is 4.94. The molecule has 2 nitrogen and oxygen atoms in total. The fourth-order valence-electron chi connectivity index (χ4n) is 0.783. The zero-order valence-corrected chi connectivity index (χ0v) is 7.49. The van der Waals surface area contributed by atoms with Gasteiger partial charge in [-0.1, -0.05) is 26.2 Å². The van der Waals surface area contributed by atoms with Crippen LogP contribution in [0.3, 0.4) is 0 Å². The summed E-state index contributed by atoms with van der Waals surface area (Å²) >= 11 is -1.61. The molecule has 0 aromatic heterocycles. The van der Waals surface area contributed by atoms with Crippen molar-refractivity contribution >= 4 is 11.1 Å². The summed E-state index contributed by atoms with van der Waals surface area (Å²) in [7, 11) is 0. The molecule has 0 aliphatic carbocycles. The van der Waals surface area contributed by atoms with Crippen LogP contribution >= 0.6 is 0 Å². The topological polar surface area (TPSA) is 37.3 Å². The van der Waals surface area contributed by atoms with Gasteiger partial charge in [0.25, 0.3) is 0 Å². The first-order valence-corrected chi connectivity index (χ1v) is 4.95. The largest absolute Gasteiger partial charge is 0.306 e. The van der Waals surface area contributed by atoms with E-state index in [4.69, 9.17) is 4.55 Å². The zero-order valence-electron chi connectivity index (χ0n) is 6.67. The van der Waals surface area contributed by atoms with Crippen LogP contribution in [0.15, 0.2) is 0 Å². The maximum absolute atomic E-state index is 10.4. The van der Waals surface area contributed by atoms with Gasteiger partial charge in [0.1, 0.15) is 0 Å². The Labute approximate surface area is 65.3 Å². The first-order chi connectivity index (χ1) is 4.68. The van der Waals surface area contributed by atoms with Gasteiger partial charge < -0.3 is 4.55 Å². The third-order valence-electron chi connectivity index (χ3n) is 1.56.